The predicted molar refractivity (Wildman–Crippen MR) is 99.6 cm³/mol. The summed E-state index contributed by atoms with van der Waals surface area (Å²) >= 11 is 6.22. The maximum Gasteiger partial charge on any atom is 0.251 e. The zero-order chi connectivity index (χ0) is 17.8. The highest BCUT2D eigenvalue weighted by Crippen LogP contribution is 2.23. The Morgan fingerprint density at radius 2 is 2.12 bits per heavy atom. The first-order valence-electron chi connectivity index (χ1n) is 8.11. The molecule has 2 aromatic carbocycles. The molecule has 0 bridgehead atoms. The Morgan fingerprint density at radius 1 is 1.28 bits per heavy atom. The van der Waals surface area contributed by atoms with Crippen molar-refractivity contribution in [2.75, 3.05) is 20.3 Å². The minimum atomic E-state index is -0.106. The van der Waals surface area contributed by atoms with Gasteiger partial charge in [-0.05, 0) is 49.2 Å². The van der Waals surface area contributed by atoms with Gasteiger partial charge in [-0.1, -0.05) is 17.7 Å². The molecule has 0 spiro atoms. The van der Waals surface area contributed by atoms with Crippen molar-refractivity contribution in [2.24, 2.45) is 0 Å². The van der Waals surface area contributed by atoms with Gasteiger partial charge in [-0.3, -0.25) is 9.36 Å². The molecule has 1 aromatic heterocycles. The monoisotopic (exact) mass is 357 g/mol. The van der Waals surface area contributed by atoms with Crippen LogP contribution in [0.25, 0.3) is 16.7 Å². The average molecular weight is 358 g/mol. The van der Waals surface area contributed by atoms with Crippen molar-refractivity contribution in [3.63, 3.8) is 0 Å². The number of hydrogen-bond acceptors (Lipinski definition) is 3. The van der Waals surface area contributed by atoms with Gasteiger partial charge in [-0.25, -0.2) is 4.98 Å². The molecule has 1 heterocycles. The van der Waals surface area contributed by atoms with Crippen molar-refractivity contribution in [3.8, 4) is 5.69 Å². The highest BCUT2D eigenvalue weighted by atomic mass is 35.5. The molecular formula is C19H20ClN3O2. The van der Waals surface area contributed by atoms with E-state index >= 15 is 0 Å². The number of carbonyl (C=O) groups is 1. The first-order chi connectivity index (χ1) is 12.1. The largest absolute Gasteiger partial charge is 0.385 e. The van der Waals surface area contributed by atoms with E-state index in [-0.39, 0.29) is 5.91 Å². The first-order valence-corrected chi connectivity index (χ1v) is 8.48. The molecule has 0 atom stereocenters. The molecule has 0 aliphatic carbocycles. The summed E-state index contributed by atoms with van der Waals surface area (Å²) in [5.74, 6) is -0.106. The molecular weight excluding hydrogens is 338 g/mol. The van der Waals surface area contributed by atoms with Gasteiger partial charge in [-0.15, -0.1) is 0 Å². The van der Waals surface area contributed by atoms with E-state index in [0.717, 1.165) is 28.7 Å². The summed E-state index contributed by atoms with van der Waals surface area (Å²) in [7, 11) is 1.65. The third-order valence-corrected chi connectivity index (χ3v) is 4.46. The Morgan fingerprint density at radius 3 is 2.88 bits per heavy atom. The zero-order valence-electron chi connectivity index (χ0n) is 14.3. The van der Waals surface area contributed by atoms with Crippen molar-refractivity contribution in [1.82, 2.24) is 14.9 Å². The molecule has 0 aliphatic heterocycles. The van der Waals surface area contributed by atoms with Gasteiger partial charge in [0.05, 0.1) is 11.0 Å². The summed E-state index contributed by atoms with van der Waals surface area (Å²) in [5, 5.41) is 3.59. The average Bonchev–Trinajstić information content (AvgIpc) is 3.04. The molecule has 5 nitrogen and oxygen atoms in total. The van der Waals surface area contributed by atoms with E-state index in [0.29, 0.717) is 23.7 Å². The number of methoxy groups -OCH3 is 1. The number of fused-ring (bicyclic) bond motifs is 1. The van der Waals surface area contributed by atoms with Gasteiger partial charge in [0.2, 0.25) is 0 Å². The zero-order valence-corrected chi connectivity index (χ0v) is 15.0. The SMILES string of the molecule is COCCCNC(=O)c1ccc2c(c1)ncn2-c1ccc(C)c(Cl)c1. The van der Waals surface area contributed by atoms with Crippen molar-refractivity contribution < 1.29 is 9.53 Å². The summed E-state index contributed by atoms with van der Waals surface area (Å²) < 4.78 is 6.93. The van der Waals surface area contributed by atoms with Crippen LogP contribution in [0.4, 0.5) is 0 Å². The number of halogens is 1. The lowest BCUT2D eigenvalue weighted by Crippen LogP contribution is -2.25. The van der Waals surface area contributed by atoms with E-state index in [9.17, 15) is 4.79 Å². The quantitative estimate of drug-likeness (QED) is 0.683. The van der Waals surface area contributed by atoms with E-state index < -0.39 is 0 Å². The number of hydrogen-bond donors (Lipinski definition) is 1. The summed E-state index contributed by atoms with van der Waals surface area (Å²) in [6.07, 6.45) is 2.53. The van der Waals surface area contributed by atoms with E-state index in [1.165, 1.54) is 0 Å². The highest BCUT2D eigenvalue weighted by molar-refractivity contribution is 6.31. The fourth-order valence-corrected chi connectivity index (χ4v) is 2.79. The smallest absolute Gasteiger partial charge is 0.251 e. The molecule has 0 aliphatic rings. The van der Waals surface area contributed by atoms with Crippen molar-refractivity contribution in [1.29, 1.82) is 0 Å². The summed E-state index contributed by atoms with van der Waals surface area (Å²) in [6.45, 7) is 3.18. The molecule has 3 aromatic rings. The number of aromatic nitrogens is 2. The van der Waals surface area contributed by atoms with E-state index in [1.54, 1.807) is 19.5 Å². The lowest BCUT2D eigenvalue weighted by atomic mass is 10.1. The standard InChI is InChI=1S/C19H20ClN3O2/c1-13-4-6-15(11-16(13)20)23-12-22-17-10-14(5-7-18(17)23)19(24)21-8-3-9-25-2/h4-7,10-12H,3,8-9H2,1-2H3,(H,21,24). The number of amides is 1. The molecule has 0 unspecified atom stereocenters. The number of carbonyl (C=O) groups excluding carboxylic acids is 1. The van der Waals surface area contributed by atoms with Crippen molar-refractivity contribution in [3.05, 3.63) is 58.9 Å². The predicted octanol–water partition coefficient (Wildman–Crippen LogP) is 3.75. The Bertz CT molecular complexity index is 905. The fourth-order valence-electron chi connectivity index (χ4n) is 2.61. The summed E-state index contributed by atoms with van der Waals surface area (Å²) in [4.78, 5) is 16.6. The maximum atomic E-state index is 12.2. The van der Waals surface area contributed by atoms with Crippen LogP contribution in [0.15, 0.2) is 42.7 Å². The molecule has 6 heteroatoms. The molecule has 3 rings (SSSR count). The van der Waals surface area contributed by atoms with Crippen LogP contribution >= 0.6 is 11.6 Å². The Balaban J connectivity index is 1.83. The van der Waals surface area contributed by atoms with Gasteiger partial charge in [0.15, 0.2) is 0 Å². The van der Waals surface area contributed by atoms with Crippen LogP contribution in [0.3, 0.4) is 0 Å². The molecule has 25 heavy (non-hydrogen) atoms. The third-order valence-electron chi connectivity index (χ3n) is 4.05. The lowest BCUT2D eigenvalue weighted by molar-refractivity contribution is 0.0948. The van der Waals surface area contributed by atoms with Crippen LogP contribution in [0, 0.1) is 6.92 Å². The second-order valence-corrected chi connectivity index (χ2v) is 6.26. The van der Waals surface area contributed by atoms with Crippen molar-refractivity contribution >= 4 is 28.5 Å². The number of aryl methyl sites for hydroxylation is 1. The second kappa shape index (κ2) is 7.68. The van der Waals surface area contributed by atoms with Gasteiger partial charge in [0.1, 0.15) is 6.33 Å². The van der Waals surface area contributed by atoms with E-state index in [1.807, 2.05) is 41.8 Å². The number of imidazole rings is 1. The molecule has 130 valence electrons. The van der Waals surface area contributed by atoms with Crippen LogP contribution in [0.5, 0.6) is 0 Å². The number of benzene rings is 2. The van der Waals surface area contributed by atoms with E-state index in [2.05, 4.69) is 10.3 Å². The summed E-state index contributed by atoms with van der Waals surface area (Å²) in [6, 6.07) is 11.4. The van der Waals surface area contributed by atoms with Crippen LogP contribution in [0.1, 0.15) is 22.3 Å². The minimum Gasteiger partial charge on any atom is -0.385 e. The lowest BCUT2D eigenvalue weighted by Gasteiger charge is -2.07. The van der Waals surface area contributed by atoms with Crippen LogP contribution in [-0.2, 0) is 4.74 Å². The van der Waals surface area contributed by atoms with E-state index in [4.69, 9.17) is 16.3 Å². The maximum absolute atomic E-state index is 12.2. The van der Waals surface area contributed by atoms with Crippen LogP contribution in [0.2, 0.25) is 5.02 Å². The summed E-state index contributed by atoms with van der Waals surface area (Å²) in [5.41, 5.74) is 4.26. The number of nitrogens with zero attached hydrogens (tertiary/aromatic N) is 2. The molecule has 0 fully saturated rings. The topological polar surface area (TPSA) is 56.1 Å². The van der Waals surface area contributed by atoms with Gasteiger partial charge in [0, 0.05) is 36.5 Å². The normalized spacial score (nSPS) is 11.0. The van der Waals surface area contributed by atoms with Gasteiger partial charge in [0.25, 0.3) is 5.91 Å². The molecule has 1 amide bonds. The Kier molecular flexibility index (Phi) is 5.36. The van der Waals surface area contributed by atoms with Crippen LogP contribution < -0.4 is 5.32 Å². The van der Waals surface area contributed by atoms with Crippen molar-refractivity contribution in [2.45, 2.75) is 13.3 Å². The highest BCUT2D eigenvalue weighted by Gasteiger charge is 2.10. The van der Waals surface area contributed by atoms with Gasteiger partial charge >= 0.3 is 0 Å². The Labute approximate surface area is 151 Å². The van der Waals surface area contributed by atoms with Gasteiger partial charge < -0.3 is 10.1 Å². The molecule has 1 N–H and O–H groups in total. The molecule has 0 saturated carbocycles. The van der Waals surface area contributed by atoms with Crippen LogP contribution in [-0.4, -0.2) is 35.7 Å². The number of ether oxygens (including phenoxy) is 1. The molecule has 0 saturated heterocycles. The minimum absolute atomic E-state index is 0.106. The second-order valence-electron chi connectivity index (χ2n) is 5.85. The Hall–Kier alpha value is -2.37. The molecule has 0 radical (unpaired) electrons. The fraction of sp³-hybridized carbons (Fsp3) is 0.263. The first kappa shape index (κ1) is 17.5. The van der Waals surface area contributed by atoms with Gasteiger partial charge in [-0.2, -0.15) is 0 Å². The number of nitrogens with one attached hydrogen (secondary N) is 1. The number of rotatable bonds is 6. The third kappa shape index (κ3) is 3.83.